The third-order valence-corrected chi connectivity index (χ3v) is 6.40. The van der Waals surface area contributed by atoms with Crippen LogP contribution in [0.3, 0.4) is 0 Å². The molecule has 3 aromatic rings. The van der Waals surface area contributed by atoms with Crippen LogP contribution in [0.1, 0.15) is 37.8 Å². The number of ketones is 1. The molecule has 1 N–H and O–H groups in total. The summed E-state index contributed by atoms with van der Waals surface area (Å²) in [6, 6.07) is 7.71. The number of piperidine rings is 1. The number of hydrogen-bond donors (Lipinski definition) is 1. The normalized spacial score (nSPS) is 18.9. The molecule has 11 heteroatoms. The number of benzene rings is 1. The highest BCUT2D eigenvalue weighted by Crippen LogP contribution is 2.28. The SMILES string of the molecule is CC(=O)CC1CCN(C2=NCC(c3ccc(-c4nc5ccc(OC(F)(F)F)cc5[nH]4)cn3)C=N2)CC1. The molecule has 2 aromatic heterocycles. The predicted octanol–water partition coefficient (Wildman–Crippen LogP) is 4.74. The molecule has 188 valence electrons. The fourth-order valence-electron chi connectivity index (χ4n) is 4.61. The number of alkyl halides is 3. The maximum absolute atomic E-state index is 12.5. The molecule has 0 saturated carbocycles. The van der Waals surface area contributed by atoms with Crippen LogP contribution in [-0.2, 0) is 4.79 Å². The first-order valence-electron chi connectivity index (χ1n) is 11.8. The largest absolute Gasteiger partial charge is 0.573 e. The lowest BCUT2D eigenvalue weighted by molar-refractivity contribution is -0.274. The van der Waals surface area contributed by atoms with Crippen LogP contribution in [0, 0.1) is 5.92 Å². The summed E-state index contributed by atoms with van der Waals surface area (Å²) in [7, 11) is 0. The fourth-order valence-corrected chi connectivity index (χ4v) is 4.61. The van der Waals surface area contributed by atoms with Gasteiger partial charge < -0.3 is 19.4 Å². The van der Waals surface area contributed by atoms with E-state index in [1.807, 2.05) is 18.3 Å². The number of rotatable bonds is 5. The van der Waals surface area contributed by atoms with E-state index in [2.05, 4.69) is 34.6 Å². The minimum Gasteiger partial charge on any atom is -0.406 e. The number of halogens is 3. The summed E-state index contributed by atoms with van der Waals surface area (Å²) >= 11 is 0. The number of likely N-dealkylation sites (tertiary alicyclic amines) is 1. The van der Waals surface area contributed by atoms with Gasteiger partial charge in [0.25, 0.3) is 0 Å². The number of H-pyrrole nitrogens is 1. The Labute approximate surface area is 205 Å². The maximum Gasteiger partial charge on any atom is 0.573 e. The Balaban J connectivity index is 1.21. The second-order valence-electron chi connectivity index (χ2n) is 9.15. The van der Waals surface area contributed by atoms with Crippen LogP contribution in [0.4, 0.5) is 13.2 Å². The van der Waals surface area contributed by atoms with E-state index in [1.165, 1.54) is 18.2 Å². The van der Waals surface area contributed by atoms with Crippen molar-refractivity contribution in [1.29, 1.82) is 0 Å². The molecular weight excluding hydrogens is 473 g/mol. The number of carbonyl (C=O) groups excluding carboxylic acids is 1. The third kappa shape index (κ3) is 5.55. The van der Waals surface area contributed by atoms with Crippen molar-refractivity contribution < 1.29 is 22.7 Å². The second kappa shape index (κ2) is 9.71. The van der Waals surface area contributed by atoms with Gasteiger partial charge in [-0.3, -0.25) is 9.98 Å². The van der Waals surface area contributed by atoms with E-state index < -0.39 is 6.36 Å². The molecule has 0 spiro atoms. The van der Waals surface area contributed by atoms with Crippen molar-refractivity contribution in [2.24, 2.45) is 15.9 Å². The number of ether oxygens (including phenoxy) is 1. The van der Waals surface area contributed by atoms with Crippen molar-refractivity contribution in [3.8, 4) is 17.1 Å². The van der Waals surface area contributed by atoms with Crippen molar-refractivity contribution in [1.82, 2.24) is 19.9 Å². The maximum atomic E-state index is 12.5. The van der Waals surface area contributed by atoms with Crippen molar-refractivity contribution in [2.45, 2.75) is 38.5 Å². The Kier molecular flexibility index (Phi) is 6.46. The van der Waals surface area contributed by atoms with Crippen molar-refractivity contribution in [3.05, 3.63) is 42.2 Å². The zero-order valence-corrected chi connectivity index (χ0v) is 19.6. The summed E-state index contributed by atoms with van der Waals surface area (Å²) in [5, 5.41) is 0. The highest BCUT2D eigenvalue weighted by atomic mass is 19.4. The van der Waals surface area contributed by atoms with Gasteiger partial charge in [-0.05, 0) is 49.9 Å². The van der Waals surface area contributed by atoms with Crippen LogP contribution >= 0.6 is 0 Å². The minimum atomic E-state index is -4.75. The van der Waals surface area contributed by atoms with E-state index in [9.17, 15) is 18.0 Å². The molecule has 0 amide bonds. The summed E-state index contributed by atoms with van der Waals surface area (Å²) in [5.41, 5.74) is 2.48. The Morgan fingerprint density at radius 2 is 2.00 bits per heavy atom. The van der Waals surface area contributed by atoms with Crippen molar-refractivity contribution in [2.75, 3.05) is 19.6 Å². The van der Waals surface area contributed by atoms with Gasteiger partial charge in [0, 0.05) is 43.6 Å². The molecule has 36 heavy (non-hydrogen) atoms. The average Bonchev–Trinajstić information content (AvgIpc) is 3.27. The Morgan fingerprint density at radius 1 is 1.19 bits per heavy atom. The molecule has 5 rings (SSSR count). The van der Waals surface area contributed by atoms with E-state index in [-0.39, 0.29) is 17.5 Å². The number of fused-ring (bicyclic) bond motifs is 1. The number of imidazole rings is 1. The number of nitrogens with zero attached hydrogens (tertiary/aromatic N) is 5. The Bertz CT molecular complexity index is 1310. The summed E-state index contributed by atoms with van der Waals surface area (Å²) in [6.07, 6.45) is 1.38. The van der Waals surface area contributed by atoms with Gasteiger partial charge in [-0.1, -0.05) is 0 Å². The summed E-state index contributed by atoms with van der Waals surface area (Å²) in [4.78, 5) is 34.8. The van der Waals surface area contributed by atoms with Gasteiger partial charge in [0.2, 0.25) is 5.96 Å². The summed E-state index contributed by atoms with van der Waals surface area (Å²) in [6.45, 7) is 3.90. The quantitative estimate of drug-likeness (QED) is 0.548. The highest BCUT2D eigenvalue weighted by molar-refractivity contribution is 5.91. The van der Waals surface area contributed by atoms with Gasteiger partial charge in [0.1, 0.15) is 17.4 Å². The lowest BCUT2D eigenvalue weighted by Crippen LogP contribution is -2.39. The van der Waals surface area contributed by atoms with Gasteiger partial charge in [-0.15, -0.1) is 13.2 Å². The zero-order chi connectivity index (χ0) is 25.3. The van der Waals surface area contributed by atoms with E-state index in [4.69, 9.17) is 0 Å². The molecule has 0 aliphatic carbocycles. The van der Waals surface area contributed by atoms with Crippen LogP contribution in [0.15, 0.2) is 46.5 Å². The molecule has 1 fully saturated rings. The molecule has 8 nitrogen and oxygen atoms in total. The van der Waals surface area contributed by atoms with Gasteiger partial charge in [-0.25, -0.2) is 9.98 Å². The summed E-state index contributed by atoms with van der Waals surface area (Å²) in [5.74, 6) is 1.57. The third-order valence-electron chi connectivity index (χ3n) is 6.40. The topological polar surface area (TPSA) is 95.8 Å². The van der Waals surface area contributed by atoms with E-state index >= 15 is 0 Å². The molecule has 0 radical (unpaired) electrons. The molecule has 1 atom stereocenters. The van der Waals surface area contributed by atoms with Gasteiger partial charge in [0.05, 0.1) is 29.2 Å². The fraction of sp³-hybridized carbons (Fsp3) is 0.400. The van der Waals surface area contributed by atoms with Crippen LogP contribution in [-0.4, -0.2) is 63.8 Å². The molecule has 0 bridgehead atoms. The molecule has 1 aromatic carbocycles. The second-order valence-corrected chi connectivity index (χ2v) is 9.15. The monoisotopic (exact) mass is 498 g/mol. The molecule has 1 saturated heterocycles. The van der Waals surface area contributed by atoms with Gasteiger partial charge >= 0.3 is 6.36 Å². The van der Waals surface area contributed by atoms with Crippen LogP contribution < -0.4 is 4.74 Å². The van der Waals surface area contributed by atoms with Crippen molar-refractivity contribution >= 4 is 29.0 Å². The number of pyridine rings is 1. The number of nitrogens with one attached hydrogen (secondary N) is 1. The number of guanidine groups is 1. The Hall–Kier alpha value is -3.76. The predicted molar refractivity (Wildman–Crippen MR) is 129 cm³/mol. The number of aliphatic imine (C=N–C) groups is 2. The number of carbonyl (C=O) groups is 1. The first kappa shape index (κ1) is 24.0. The molecule has 1 unspecified atom stereocenters. The van der Waals surface area contributed by atoms with E-state index in [1.54, 1.807) is 13.1 Å². The summed E-state index contributed by atoms with van der Waals surface area (Å²) < 4.78 is 41.4. The lowest BCUT2D eigenvalue weighted by Gasteiger charge is -2.33. The first-order chi connectivity index (χ1) is 17.2. The number of aromatic amines is 1. The zero-order valence-electron chi connectivity index (χ0n) is 19.6. The molecule has 4 heterocycles. The first-order valence-corrected chi connectivity index (χ1v) is 11.8. The van der Waals surface area contributed by atoms with E-state index in [0.717, 1.165) is 37.6 Å². The smallest absolute Gasteiger partial charge is 0.406 e. The minimum absolute atomic E-state index is 0.0456. The number of hydrogen-bond acceptors (Lipinski definition) is 7. The molecule has 2 aliphatic rings. The standard InChI is InChI=1S/C25H25F3N6O2/c1-15(35)10-16-6-8-34(9-7-16)24-30-13-18(14-31-24)20-4-2-17(12-29-20)23-32-21-5-3-19(11-22(21)33-23)36-25(26,27)28/h2-5,11-13,16,18H,6-10,14H2,1H3,(H,32,33). The van der Waals surface area contributed by atoms with Crippen molar-refractivity contribution in [3.63, 3.8) is 0 Å². The van der Waals surface area contributed by atoms with Crippen LogP contribution in [0.2, 0.25) is 0 Å². The Morgan fingerprint density at radius 3 is 2.64 bits per heavy atom. The number of Topliss-reactive ketones (excluding diaryl/α,β-unsaturated/α-hetero) is 1. The average molecular weight is 499 g/mol. The van der Waals surface area contributed by atoms with Crippen LogP contribution in [0.5, 0.6) is 5.75 Å². The molecular formula is C25H25F3N6O2. The van der Waals surface area contributed by atoms with Gasteiger partial charge in [-0.2, -0.15) is 0 Å². The number of aromatic nitrogens is 3. The van der Waals surface area contributed by atoms with Gasteiger partial charge in [0.15, 0.2) is 0 Å². The van der Waals surface area contributed by atoms with E-state index in [0.29, 0.717) is 41.3 Å². The lowest BCUT2D eigenvalue weighted by atomic mass is 9.92. The molecule has 2 aliphatic heterocycles. The van der Waals surface area contributed by atoms with Crippen LogP contribution in [0.25, 0.3) is 22.4 Å². The highest BCUT2D eigenvalue weighted by Gasteiger charge is 2.31.